The summed E-state index contributed by atoms with van der Waals surface area (Å²) < 4.78 is 55.7. The van der Waals surface area contributed by atoms with Crippen molar-refractivity contribution in [3.63, 3.8) is 0 Å². The fourth-order valence-electron chi connectivity index (χ4n) is 10.0. The van der Waals surface area contributed by atoms with Gasteiger partial charge in [0.15, 0.2) is 12.6 Å². The van der Waals surface area contributed by atoms with Gasteiger partial charge in [-0.3, -0.25) is 10.1 Å². The van der Waals surface area contributed by atoms with Crippen molar-refractivity contribution < 1.29 is 67.9 Å². The number of hydrogen-bond donors (Lipinski definition) is 5. The Morgan fingerprint density at radius 1 is 0.914 bits per heavy atom. The highest BCUT2D eigenvalue weighted by atomic mass is 16.7. The topological polar surface area (TPSA) is 196 Å². The standard InChI is InChI=1S/C42H78N2O14/c1-15-29-42(10,49)37-24(4)32(43-30(56-37)21-52-17-16-50-13)22(2)19-40(8,48)36(58-39-33(45)28(44(11)12)18-23(3)53-39)25(5)34(26(6)38(47)55-29)57-31-20-41(9,51-14)35(46)27(7)54-31/h22-37,39,43,45-46,48-49H,15-21H2,1-14H3/t22-,23-,24+,25+,26-,27+,28+,29-,30?,31+,32+,33-,34+,35+,36-,37+,39+,40-,41-,42-/m1/s1. The number of cyclic esters (lactones) is 1. The van der Waals surface area contributed by atoms with Gasteiger partial charge < -0.3 is 68.0 Å². The SMILES string of the molecule is CC[C@H]1OC(=O)[C@H](C)[C@@H](O[C@H]2C[C@@](C)(OC)[C@@H](O)[C@H](C)O2)[C@H](C)[C@@H](O[C@@H]2O[C@H](C)C[C@H](N(C)C)[C@H]2O)[C@](C)(O)C[C@@H](C)[C@@H]2NC(COCCOC)O[C@@H]([C@H]2C)[C@]1(C)O. The van der Waals surface area contributed by atoms with E-state index in [1.54, 1.807) is 41.7 Å². The van der Waals surface area contributed by atoms with E-state index in [-0.39, 0.29) is 55.9 Å². The molecule has 4 saturated heterocycles. The number of rotatable bonds is 12. The third kappa shape index (κ3) is 11.1. The van der Waals surface area contributed by atoms with Gasteiger partial charge in [0.2, 0.25) is 0 Å². The number of carbonyl (C=O) groups excluding carboxylic acids is 1. The molecule has 5 N–H and O–H groups in total. The zero-order valence-corrected chi connectivity index (χ0v) is 37.6. The number of ether oxygens (including phenoxy) is 9. The second kappa shape index (κ2) is 20.4. The molecule has 0 aliphatic carbocycles. The first-order valence-corrected chi connectivity index (χ1v) is 21.4. The Morgan fingerprint density at radius 3 is 2.19 bits per heavy atom. The van der Waals surface area contributed by atoms with Crippen LogP contribution in [0.25, 0.3) is 0 Å². The van der Waals surface area contributed by atoms with E-state index in [0.29, 0.717) is 19.6 Å². The molecule has 340 valence electrons. The predicted octanol–water partition coefficient (Wildman–Crippen LogP) is 2.20. The van der Waals surface area contributed by atoms with Crippen LogP contribution in [0.3, 0.4) is 0 Å². The number of fused-ring (bicyclic) bond motifs is 2. The summed E-state index contributed by atoms with van der Waals surface area (Å²) in [6.45, 7) is 19.1. The largest absolute Gasteiger partial charge is 0.459 e. The average molecular weight is 835 g/mol. The summed E-state index contributed by atoms with van der Waals surface area (Å²) in [4.78, 5) is 16.4. The van der Waals surface area contributed by atoms with E-state index >= 15 is 0 Å². The smallest absolute Gasteiger partial charge is 0.311 e. The Labute approximate surface area is 346 Å². The van der Waals surface area contributed by atoms with Crippen LogP contribution in [0, 0.1) is 23.7 Å². The van der Waals surface area contributed by atoms with Crippen LogP contribution in [-0.2, 0) is 47.4 Å². The molecule has 0 amide bonds. The number of nitrogens with zero attached hydrogens (tertiary/aromatic N) is 1. The van der Waals surface area contributed by atoms with Crippen LogP contribution in [0.4, 0.5) is 0 Å². The van der Waals surface area contributed by atoms with Gasteiger partial charge in [-0.05, 0) is 80.8 Å². The molecule has 0 spiro atoms. The van der Waals surface area contributed by atoms with Crippen LogP contribution in [0.1, 0.15) is 94.9 Å². The number of likely N-dealkylation sites (N-methyl/N-ethyl adjacent to an activating group) is 1. The fourth-order valence-corrected chi connectivity index (χ4v) is 10.0. The van der Waals surface area contributed by atoms with Crippen LogP contribution in [0.15, 0.2) is 0 Å². The molecule has 4 fully saturated rings. The van der Waals surface area contributed by atoms with Crippen LogP contribution < -0.4 is 5.32 Å². The molecular formula is C42H78N2O14. The molecule has 16 nitrogen and oxygen atoms in total. The summed E-state index contributed by atoms with van der Waals surface area (Å²) in [5.74, 6) is -2.95. The highest BCUT2D eigenvalue weighted by molar-refractivity contribution is 5.73. The highest BCUT2D eigenvalue weighted by Crippen LogP contribution is 2.43. The maximum Gasteiger partial charge on any atom is 0.311 e. The van der Waals surface area contributed by atoms with Gasteiger partial charge in [0.25, 0.3) is 0 Å². The molecule has 0 aromatic carbocycles. The molecule has 2 bridgehead atoms. The number of hydrogen-bond acceptors (Lipinski definition) is 16. The Morgan fingerprint density at radius 2 is 1.59 bits per heavy atom. The molecule has 20 atom stereocenters. The van der Waals surface area contributed by atoms with Crippen molar-refractivity contribution in [1.82, 2.24) is 10.2 Å². The summed E-state index contributed by atoms with van der Waals surface area (Å²) in [6, 6.07) is -0.593. The predicted molar refractivity (Wildman–Crippen MR) is 214 cm³/mol. The van der Waals surface area contributed by atoms with Crippen molar-refractivity contribution >= 4 is 5.97 Å². The van der Waals surface area contributed by atoms with Crippen LogP contribution in [0.2, 0.25) is 0 Å². The van der Waals surface area contributed by atoms with E-state index < -0.39 is 96.1 Å². The molecule has 0 radical (unpaired) electrons. The Balaban J connectivity index is 1.83. The molecular weight excluding hydrogens is 756 g/mol. The molecule has 58 heavy (non-hydrogen) atoms. The maximum atomic E-state index is 14.5. The Kier molecular flexibility index (Phi) is 17.4. The van der Waals surface area contributed by atoms with Gasteiger partial charge in [0, 0.05) is 44.6 Å². The second-order valence-electron chi connectivity index (χ2n) is 18.6. The van der Waals surface area contributed by atoms with E-state index in [9.17, 15) is 25.2 Å². The van der Waals surface area contributed by atoms with Crippen molar-refractivity contribution in [3.05, 3.63) is 0 Å². The molecule has 4 rings (SSSR count). The average Bonchev–Trinajstić information content (AvgIpc) is 3.15. The first-order valence-electron chi connectivity index (χ1n) is 21.4. The van der Waals surface area contributed by atoms with Gasteiger partial charge in [0.1, 0.15) is 30.1 Å². The van der Waals surface area contributed by atoms with Gasteiger partial charge in [-0.2, -0.15) is 0 Å². The number of nitrogens with one attached hydrogen (secondary N) is 1. The molecule has 1 unspecified atom stereocenters. The number of aliphatic hydroxyl groups excluding tert-OH is 2. The van der Waals surface area contributed by atoms with Gasteiger partial charge >= 0.3 is 5.97 Å². The molecule has 16 heteroatoms. The lowest BCUT2D eigenvalue weighted by molar-refractivity contribution is -0.318. The van der Waals surface area contributed by atoms with Crippen molar-refractivity contribution in [2.45, 2.75) is 191 Å². The summed E-state index contributed by atoms with van der Waals surface area (Å²) in [5, 5.41) is 51.5. The summed E-state index contributed by atoms with van der Waals surface area (Å²) in [5.41, 5.74) is -4.27. The third-order valence-electron chi connectivity index (χ3n) is 13.5. The first kappa shape index (κ1) is 49.6. The molecule has 4 aliphatic heterocycles. The highest BCUT2D eigenvalue weighted by Gasteiger charge is 2.55. The van der Waals surface area contributed by atoms with Crippen LogP contribution in [-0.4, -0.2) is 176 Å². The lowest BCUT2D eigenvalue weighted by atomic mass is 9.71. The fraction of sp³-hybridized carbons (Fsp3) is 0.976. The molecule has 0 saturated carbocycles. The van der Waals surface area contributed by atoms with E-state index in [0.717, 1.165) is 0 Å². The van der Waals surface area contributed by atoms with Crippen molar-refractivity contribution in [1.29, 1.82) is 0 Å². The van der Waals surface area contributed by atoms with Crippen LogP contribution in [0.5, 0.6) is 0 Å². The van der Waals surface area contributed by atoms with Gasteiger partial charge in [-0.1, -0.05) is 27.7 Å². The Hall–Kier alpha value is -1.09. The number of methoxy groups -OCH3 is 2. The van der Waals surface area contributed by atoms with E-state index in [1.165, 1.54) is 7.11 Å². The lowest BCUT2D eigenvalue weighted by Crippen LogP contribution is -2.67. The van der Waals surface area contributed by atoms with E-state index in [2.05, 4.69) is 5.32 Å². The second-order valence-corrected chi connectivity index (χ2v) is 18.6. The maximum absolute atomic E-state index is 14.5. The van der Waals surface area contributed by atoms with Crippen LogP contribution >= 0.6 is 0 Å². The zero-order chi connectivity index (χ0) is 43.5. The Bertz CT molecular complexity index is 1290. The van der Waals surface area contributed by atoms with Gasteiger partial charge in [-0.15, -0.1) is 0 Å². The van der Waals surface area contributed by atoms with Crippen molar-refractivity contribution in [2.75, 3.05) is 48.1 Å². The normalized spacial score (nSPS) is 48.7. The quantitative estimate of drug-likeness (QED) is 0.142. The van der Waals surface area contributed by atoms with Crippen molar-refractivity contribution in [2.24, 2.45) is 23.7 Å². The third-order valence-corrected chi connectivity index (χ3v) is 13.5. The monoisotopic (exact) mass is 835 g/mol. The minimum absolute atomic E-state index is 0.137. The summed E-state index contributed by atoms with van der Waals surface area (Å²) in [7, 11) is 6.90. The zero-order valence-electron chi connectivity index (χ0n) is 37.6. The number of aliphatic hydroxyl groups is 4. The molecule has 0 aromatic heterocycles. The van der Waals surface area contributed by atoms with Gasteiger partial charge in [0.05, 0.1) is 67.5 Å². The molecule has 0 aromatic rings. The van der Waals surface area contributed by atoms with Crippen molar-refractivity contribution in [3.8, 4) is 0 Å². The summed E-state index contributed by atoms with van der Waals surface area (Å²) >= 11 is 0. The lowest BCUT2D eigenvalue weighted by Gasteiger charge is -2.52. The molecule has 4 aliphatic rings. The molecule has 4 heterocycles. The van der Waals surface area contributed by atoms with Gasteiger partial charge in [-0.25, -0.2) is 0 Å². The van der Waals surface area contributed by atoms with E-state index in [4.69, 9.17) is 42.6 Å². The minimum atomic E-state index is -1.64. The number of carbonyl (C=O) groups is 1. The van der Waals surface area contributed by atoms with E-state index in [1.807, 2.05) is 53.6 Å². The number of esters is 1. The minimum Gasteiger partial charge on any atom is -0.459 e. The summed E-state index contributed by atoms with van der Waals surface area (Å²) in [6.07, 6.45) is -8.29. The first-order chi connectivity index (χ1) is 27.0.